The Bertz CT molecular complexity index is 323. The molecule has 0 amide bonds. The molecule has 12 heavy (non-hydrogen) atoms. The standard InChI is InChI=1S/C10H13NS/c1-7-4-8-9(12-7)5-11-6-10(8)2-3-10/h4,11H,2-3,5-6H2,1H3. The maximum atomic E-state index is 3.52. The highest BCUT2D eigenvalue weighted by Crippen LogP contribution is 2.52. The van der Waals surface area contributed by atoms with Gasteiger partial charge in [0.05, 0.1) is 0 Å². The molecule has 1 N–H and O–H groups in total. The third-order valence-corrected chi connectivity index (χ3v) is 4.16. The van der Waals surface area contributed by atoms with Crippen molar-refractivity contribution in [2.75, 3.05) is 6.54 Å². The van der Waals surface area contributed by atoms with Crippen molar-refractivity contribution in [1.82, 2.24) is 5.32 Å². The maximum absolute atomic E-state index is 3.52. The molecule has 1 aromatic heterocycles. The van der Waals surface area contributed by atoms with Gasteiger partial charge in [-0.3, -0.25) is 0 Å². The lowest BCUT2D eigenvalue weighted by Gasteiger charge is -2.22. The van der Waals surface area contributed by atoms with Crippen LogP contribution in [0.1, 0.15) is 28.2 Å². The topological polar surface area (TPSA) is 12.0 Å². The molecule has 1 saturated carbocycles. The Balaban J connectivity index is 2.15. The molecule has 1 aliphatic carbocycles. The van der Waals surface area contributed by atoms with E-state index in [2.05, 4.69) is 18.3 Å². The quantitative estimate of drug-likeness (QED) is 0.643. The Morgan fingerprint density at radius 2 is 2.33 bits per heavy atom. The predicted octanol–water partition coefficient (Wildman–Crippen LogP) is 2.19. The van der Waals surface area contributed by atoms with E-state index < -0.39 is 0 Å². The Hall–Kier alpha value is -0.340. The third-order valence-electron chi connectivity index (χ3n) is 3.11. The highest BCUT2D eigenvalue weighted by molar-refractivity contribution is 7.12. The molecule has 0 aromatic carbocycles. The zero-order chi connectivity index (χ0) is 8.18. The lowest BCUT2D eigenvalue weighted by Crippen LogP contribution is -2.31. The fourth-order valence-corrected chi connectivity index (χ4v) is 3.38. The van der Waals surface area contributed by atoms with E-state index in [1.807, 2.05) is 11.3 Å². The summed E-state index contributed by atoms with van der Waals surface area (Å²) in [5.41, 5.74) is 2.25. The van der Waals surface area contributed by atoms with Crippen LogP contribution in [0.2, 0.25) is 0 Å². The molecule has 1 aliphatic heterocycles. The molecule has 0 radical (unpaired) electrons. The molecule has 64 valence electrons. The van der Waals surface area contributed by atoms with Gasteiger partial charge >= 0.3 is 0 Å². The molecule has 1 fully saturated rings. The fraction of sp³-hybridized carbons (Fsp3) is 0.600. The summed E-state index contributed by atoms with van der Waals surface area (Å²) in [4.78, 5) is 3.08. The molecule has 2 aliphatic rings. The van der Waals surface area contributed by atoms with Crippen molar-refractivity contribution >= 4 is 11.3 Å². The number of thiophene rings is 1. The molecule has 0 bridgehead atoms. The summed E-state index contributed by atoms with van der Waals surface area (Å²) < 4.78 is 0. The van der Waals surface area contributed by atoms with Crippen LogP contribution in [0.25, 0.3) is 0 Å². The van der Waals surface area contributed by atoms with Crippen molar-refractivity contribution in [2.24, 2.45) is 0 Å². The normalized spacial score (nSPS) is 24.1. The summed E-state index contributed by atoms with van der Waals surface area (Å²) in [6.45, 7) is 4.55. The van der Waals surface area contributed by atoms with Crippen molar-refractivity contribution in [3.8, 4) is 0 Å². The average Bonchev–Trinajstić information content (AvgIpc) is 2.68. The van der Waals surface area contributed by atoms with Gasteiger partial charge in [-0.05, 0) is 31.4 Å². The largest absolute Gasteiger partial charge is 0.311 e. The SMILES string of the molecule is Cc1cc2c(s1)CNCC21CC1. The van der Waals surface area contributed by atoms with Gasteiger partial charge in [-0.15, -0.1) is 11.3 Å². The van der Waals surface area contributed by atoms with Gasteiger partial charge in [0.1, 0.15) is 0 Å². The van der Waals surface area contributed by atoms with Gasteiger partial charge in [-0.1, -0.05) is 0 Å². The van der Waals surface area contributed by atoms with E-state index in [-0.39, 0.29) is 0 Å². The summed E-state index contributed by atoms with van der Waals surface area (Å²) >= 11 is 1.97. The molecule has 0 atom stereocenters. The van der Waals surface area contributed by atoms with Gasteiger partial charge in [-0.2, -0.15) is 0 Å². The molecule has 2 heteroatoms. The van der Waals surface area contributed by atoms with E-state index in [1.165, 1.54) is 24.3 Å². The smallest absolute Gasteiger partial charge is 0.0303 e. The van der Waals surface area contributed by atoms with E-state index in [9.17, 15) is 0 Å². The molecule has 0 saturated heterocycles. The molecular weight excluding hydrogens is 166 g/mol. The van der Waals surface area contributed by atoms with Gasteiger partial charge in [0.15, 0.2) is 0 Å². The molecule has 1 aromatic rings. The number of rotatable bonds is 0. The second-order valence-corrected chi connectivity index (χ2v) is 5.42. The molecule has 1 spiro atoms. The molecule has 2 heterocycles. The molecule has 1 nitrogen and oxygen atoms in total. The first-order valence-corrected chi connectivity index (χ1v) is 5.42. The number of nitrogens with one attached hydrogen (secondary N) is 1. The Morgan fingerprint density at radius 1 is 1.50 bits per heavy atom. The van der Waals surface area contributed by atoms with Gasteiger partial charge in [0.25, 0.3) is 0 Å². The first kappa shape index (κ1) is 7.10. The minimum atomic E-state index is 0.582. The Morgan fingerprint density at radius 3 is 3.08 bits per heavy atom. The maximum Gasteiger partial charge on any atom is 0.0303 e. The van der Waals surface area contributed by atoms with Gasteiger partial charge in [-0.25, -0.2) is 0 Å². The number of fused-ring (bicyclic) bond motifs is 2. The first-order valence-electron chi connectivity index (χ1n) is 4.61. The van der Waals surface area contributed by atoms with Gasteiger partial charge in [0, 0.05) is 28.3 Å². The lowest BCUT2D eigenvalue weighted by atomic mass is 9.93. The summed E-state index contributed by atoms with van der Waals surface area (Å²) in [5.74, 6) is 0. The fourth-order valence-electron chi connectivity index (χ4n) is 2.25. The summed E-state index contributed by atoms with van der Waals surface area (Å²) in [7, 11) is 0. The van der Waals surface area contributed by atoms with Crippen molar-refractivity contribution < 1.29 is 0 Å². The van der Waals surface area contributed by atoms with Crippen LogP contribution in [-0.2, 0) is 12.0 Å². The first-order chi connectivity index (χ1) is 5.80. The zero-order valence-corrected chi connectivity index (χ0v) is 8.13. The van der Waals surface area contributed by atoms with E-state index in [1.54, 1.807) is 10.4 Å². The van der Waals surface area contributed by atoms with Crippen LogP contribution in [0.5, 0.6) is 0 Å². The summed E-state index contributed by atoms with van der Waals surface area (Å²) in [6, 6.07) is 2.41. The monoisotopic (exact) mass is 179 g/mol. The predicted molar refractivity (Wildman–Crippen MR) is 51.7 cm³/mol. The Kier molecular flexibility index (Phi) is 1.25. The van der Waals surface area contributed by atoms with E-state index in [4.69, 9.17) is 0 Å². The number of hydrogen-bond acceptors (Lipinski definition) is 2. The van der Waals surface area contributed by atoms with Crippen LogP contribution in [0.4, 0.5) is 0 Å². The lowest BCUT2D eigenvalue weighted by molar-refractivity contribution is 0.539. The van der Waals surface area contributed by atoms with E-state index >= 15 is 0 Å². The molecule has 0 unspecified atom stereocenters. The third kappa shape index (κ3) is 0.824. The van der Waals surface area contributed by atoms with E-state index in [0.29, 0.717) is 5.41 Å². The summed E-state index contributed by atoms with van der Waals surface area (Å²) in [6.07, 6.45) is 2.81. The van der Waals surface area contributed by atoms with Crippen LogP contribution in [-0.4, -0.2) is 6.54 Å². The van der Waals surface area contributed by atoms with Crippen LogP contribution >= 0.6 is 11.3 Å². The van der Waals surface area contributed by atoms with Crippen molar-refractivity contribution in [3.05, 3.63) is 21.4 Å². The Labute approximate surface area is 76.8 Å². The average molecular weight is 179 g/mol. The van der Waals surface area contributed by atoms with Crippen LogP contribution in [0, 0.1) is 6.92 Å². The second-order valence-electron chi connectivity index (χ2n) is 4.08. The van der Waals surface area contributed by atoms with Crippen molar-refractivity contribution in [3.63, 3.8) is 0 Å². The zero-order valence-electron chi connectivity index (χ0n) is 7.31. The van der Waals surface area contributed by atoms with Gasteiger partial charge < -0.3 is 5.32 Å². The minimum absolute atomic E-state index is 0.582. The highest BCUT2D eigenvalue weighted by atomic mass is 32.1. The molecular formula is C10H13NS. The van der Waals surface area contributed by atoms with Crippen molar-refractivity contribution in [1.29, 1.82) is 0 Å². The van der Waals surface area contributed by atoms with Gasteiger partial charge in [0.2, 0.25) is 0 Å². The van der Waals surface area contributed by atoms with Crippen LogP contribution < -0.4 is 5.32 Å². The minimum Gasteiger partial charge on any atom is -0.311 e. The van der Waals surface area contributed by atoms with Crippen molar-refractivity contribution in [2.45, 2.75) is 31.7 Å². The van der Waals surface area contributed by atoms with E-state index in [0.717, 1.165) is 6.54 Å². The van der Waals surface area contributed by atoms with Crippen LogP contribution in [0.3, 0.4) is 0 Å². The van der Waals surface area contributed by atoms with Crippen LogP contribution in [0.15, 0.2) is 6.07 Å². The number of aryl methyl sites for hydroxylation is 1. The summed E-state index contributed by atoms with van der Waals surface area (Å²) in [5, 5.41) is 3.52. The molecule has 3 rings (SSSR count). The highest BCUT2D eigenvalue weighted by Gasteiger charge is 2.47. The second kappa shape index (κ2) is 2.12. The number of hydrogen-bond donors (Lipinski definition) is 1.